The molecule has 0 bridgehead atoms. The van der Waals surface area contributed by atoms with E-state index in [0.717, 1.165) is 18.2 Å². The van der Waals surface area contributed by atoms with Crippen LogP contribution in [0.4, 0.5) is 13.2 Å². The number of hydrogen-bond donors (Lipinski definition) is 0. The summed E-state index contributed by atoms with van der Waals surface area (Å²) >= 11 is 0. The first-order chi connectivity index (χ1) is 15.6. The second-order valence-corrected chi connectivity index (χ2v) is 8.97. The zero-order valence-corrected chi connectivity index (χ0v) is 18.5. The van der Waals surface area contributed by atoms with Gasteiger partial charge in [0.1, 0.15) is 17.3 Å². The summed E-state index contributed by atoms with van der Waals surface area (Å²) < 4.78 is 81.1. The van der Waals surface area contributed by atoms with Crippen molar-refractivity contribution < 1.29 is 40.6 Å². The minimum atomic E-state index is -4.49. The van der Waals surface area contributed by atoms with E-state index < -0.39 is 27.7 Å². The summed E-state index contributed by atoms with van der Waals surface area (Å²) in [5.41, 5.74) is -0.243. The van der Waals surface area contributed by atoms with E-state index in [1.807, 2.05) is 0 Å². The molecule has 0 aliphatic carbocycles. The molecule has 3 rings (SSSR count). The second kappa shape index (κ2) is 10.4. The van der Waals surface area contributed by atoms with Crippen LogP contribution in [-0.4, -0.2) is 52.1 Å². The van der Waals surface area contributed by atoms with Crippen LogP contribution in [-0.2, 0) is 37.1 Å². The third-order valence-corrected chi connectivity index (χ3v) is 6.74. The Morgan fingerprint density at radius 3 is 2.55 bits per heavy atom. The number of alkyl halides is 3. The molecule has 1 aliphatic heterocycles. The number of carbonyl (C=O) groups excluding carboxylic acids is 1. The normalized spacial score (nSPS) is 15.5. The summed E-state index contributed by atoms with van der Waals surface area (Å²) in [6.45, 7) is 0.672. The number of benzene rings is 2. The summed E-state index contributed by atoms with van der Waals surface area (Å²) in [6, 6.07) is 8.89. The largest absolute Gasteiger partial charge is 0.495 e. The van der Waals surface area contributed by atoms with Crippen molar-refractivity contribution in [1.82, 2.24) is 4.31 Å². The van der Waals surface area contributed by atoms with Crippen molar-refractivity contribution >= 4 is 22.1 Å². The highest BCUT2D eigenvalue weighted by molar-refractivity contribution is 7.89. The maximum absolute atomic E-state index is 13.0. The van der Waals surface area contributed by atoms with Crippen molar-refractivity contribution in [2.75, 3.05) is 33.4 Å². The summed E-state index contributed by atoms with van der Waals surface area (Å²) in [7, 11) is -2.49. The first-order valence-electron chi connectivity index (χ1n) is 9.88. The van der Waals surface area contributed by atoms with Gasteiger partial charge < -0.3 is 14.2 Å². The Balaban J connectivity index is 1.71. The third kappa shape index (κ3) is 6.34. The third-order valence-electron chi connectivity index (χ3n) is 4.82. The smallest absolute Gasteiger partial charge is 0.416 e. The molecule has 2 aromatic carbocycles. The van der Waals surface area contributed by atoms with E-state index >= 15 is 0 Å². The van der Waals surface area contributed by atoms with E-state index in [1.54, 1.807) is 6.07 Å². The van der Waals surface area contributed by atoms with E-state index in [1.165, 1.54) is 41.8 Å². The number of rotatable bonds is 7. The molecule has 2 aromatic rings. The quantitative estimate of drug-likeness (QED) is 0.441. The van der Waals surface area contributed by atoms with E-state index in [9.17, 15) is 26.4 Å². The summed E-state index contributed by atoms with van der Waals surface area (Å²) in [5, 5.41) is 0. The molecular weight excluding hydrogens is 463 g/mol. The number of sulfonamides is 1. The topological polar surface area (TPSA) is 82.1 Å². The molecule has 1 aliphatic rings. The Kier molecular flexibility index (Phi) is 7.77. The fourth-order valence-corrected chi connectivity index (χ4v) is 4.73. The Morgan fingerprint density at radius 2 is 1.88 bits per heavy atom. The van der Waals surface area contributed by atoms with E-state index in [4.69, 9.17) is 14.2 Å². The number of ether oxygens (including phenoxy) is 3. The lowest BCUT2D eigenvalue weighted by Crippen LogP contribution is -2.40. The molecule has 0 N–H and O–H groups in total. The predicted molar refractivity (Wildman–Crippen MR) is 113 cm³/mol. The average Bonchev–Trinajstić information content (AvgIpc) is 2.81. The van der Waals surface area contributed by atoms with Crippen LogP contribution in [0.25, 0.3) is 6.08 Å². The molecule has 0 aromatic heterocycles. The SMILES string of the molecule is COc1ccc(C=CC(=O)OCc2cccc(C(F)(F)F)c2)cc1S(=O)(=O)N1CCOCC1. The molecule has 1 fully saturated rings. The molecule has 11 heteroatoms. The van der Waals surface area contributed by atoms with Gasteiger partial charge in [0, 0.05) is 19.2 Å². The van der Waals surface area contributed by atoms with E-state index in [2.05, 4.69) is 0 Å². The average molecular weight is 485 g/mol. The molecule has 7 nitrogen and oxygen atoms in total. The van der Waals surface area contributed by atoms with Crippen LogP contribution < -0.4 is 4.74 Å². The Labute approximate surface area is 189 Å². The van der Waals surface area contributed by atoms with Crippen molar-refractivity contribution in [3.63, 3.8) is 0 Å². The summed E-state index contributed by atoms with van der Waals surface area (Å²) in [4.78, 5) is 12.0. The first-order valence-corrected chi connectivity index (χ1v) is 11.3. The van der Waals surface area contributed by atoms with Crippen molar-refractivity contribution in [2.24, 2.45) is 0 Å². The van der Waals surface area contributed by atoms with Crippen molar-refractivity contribution in [3.05, 3.63) is 65.2 Å². The molecule has 33 heavy (non-hydrogen) atoms. The van der Waals surface area contributed by atoms with Crippen LogP contribution in [0.5, 0.6) is 5.75 Å². The van der Waals surface area contributed by atoms with E-state index in [0.29, 0.717) is 18.8 Å². The van der Waals surface area contributed by atoms with Gasteiger partial charge in [0.05, 0.1) is 25.9 Å². The summed E-state index contributed by atoms with van der Waals surface area (Å²) in [6.07, 6.45) is -2.07. The van der Waals surface area contributed by atoms with Crippen molar-refractivity contribution in [3.8, 4) is 5.75 Å². The second-order valence-electron chi connectivity index (χ2n) is 7.07. The highest BCUT2D eigenvalue weighted by atomic mass is 32.2. The maximum atomic E-state index is 13.0. The van der Waals surface area contributed by atoms with Gasteiger partial charge in [-0.05, 0) is 41.5 Å². The standard InChI is InChI=1S/C22H22F3NO6S/c1-30-19-7-5-16(14-20(19)33(28,29)26-9-11-31-12-10-26)6-8-21(27)32-15-17-3-2-4-18(13-17)22(23,24)25/h2-8,13-14H,9-12,15H2,1H3. The monoisotopic (exact) mass is 485 g/mol. The van der Waals surface area contributed by atoms with Crippen LogP contribution in [0.3, 0.4) is 0 Å². The minimum absolute atomic E-state index is 0.0496. The lowest BCUT2D eigenvalue weighted by molar-refractivity contribution is -0.138. The molecule has 0 atom stereocenters. The number of esters is 1. The highest BCUT2D eigenvalue weighted by Crippen LogP contribution is 2.30. The van der Waals surface area contributed by atoms with Crippen molar-refractivity contribution in [1.29, 1.82) is 0 Å². The number of halogens is 3. The summed E-state index contributed by atoms with van der Waals surface area (Å²) in [5.74, 6) is -0.633. The zero-order chi connectivity index (χ0) is 24.1. The van der Waals surface area contributed by atoms with Crippen LogP contribution in [0.1, 0.15) is 16.7 Å². The Bertz CT molecular complexity index is 1130. The van der Waals surface area contributed by atoms with Gasteiger partial charge in [0.2, 0.25) is 10.0 Å². The van der Waals surface area contributed by atoms with Gasteiger partial charge in [-0.25, -0.2) is 13.2 Å². The molecule has 0 amide bonds. The number of hydrogen-bond acceptors (Lipinski definition) is 6. The fraction of sp³-hybridized carbons (Fsp3) is 0.318. The lowest BCUT2D eigenvalue weighted by Gasteiger charge is -2.26. The number of nitrogens with zero attached hydrogens (tertiary/aromatic N) is 1. The van der Waals surface area contributed by atoms with Gasteiger partial charge in [-0.3, -0.25) is 0 Å². The van der Waals surface area contributed by atoms with Crippen LogP contribution >= 0.6 is 0 Å². The van der Waals surface area contributed by atoms with Crippen molar-refractivity contribution in [2.45, 2.75) is 17.7 Å². The maximum Gasteiger partial charge on any atom is 0.416 e. The highest BCUT2D eigenvalue weighted by Gasteiger charge is 2.31. The zero-order valence-electron chi connectivity index (χ0n) is 17.7. The Morgan fingerprint density at radius 1 is 1.15 bits per heavy atom. The number of morpholine rings is 1. The van der Waals surface area contributed by atoms with Gasteiger partial charge in [0.25, 0.3) is 0 Å². The van der Waals surface area contributed by atoms with Gasteiger partial charge in [-0.2, -0.15) is 17.5 Å². The Hall–Kier alpha value is -2.89. The van der Waals surface area contributed by atoms with Crippen LogP contribution in [0.15, 0.2) is 53.4 Å². The number of carbonyl (C=O) groups is 1. The predicted octanol–water partition coefficient (Wildman–Crippen LogP) is 3.49. The minimum Gasteiger partial charge on any atom is -0.495 e. The van der Waals surface area contributed by atoms with Gasteiger partial charge >= 0.3 is 12.1 Å². The molecule has 0 radical (unpaired) electrons. The van der Waals surface area contributed by atoms with Crippen LogP contribution in [0.2, 0.25) is 0 Å². The molecular formula is C22H22F3NO6S. The molecule has 1 heterocycles. The molecule has 0 saturated carbocycles. The molecule has 0 unspecified atom stereocenters. The molecule has 1 saturated heterocycles. The lowest BCUT2D eigenvalue weighted by atomic mass is 10.1. The molecule has 0 spiro atoms. The number of methoxy groups -OCH3 is 1. The fourth-order valence-electron chi connectivity index (χ4n) is 3.13. The first kappa shape index (κ1) is 24.7. The van der Waals surface area contributed by atoms with Gasteiger partial charge in [-0.1, -0.05) is 18.2 Å². The molecule has 178 valence electrons. The van der Waals surface area contributed by atoms with E-state index in [-0.39, 0.29) is 35.9 Å². The van der Waals surface area contributed by atoms with Crippen LogP contribution in [0, 0.1) is 0 Å². The van der Waals surface area contributed by atoms with Gasteiger partial charge in [-0.15, -0.1) is 0 Å². The van der Waals surface area contributed by atoms with Gasteiger partial charge in [0.15, 0.2) is 0 Å².